The van der Waals surface area contributed by atoms with Gasteiger partial charge in [0.25, 0.3) is 0 Å². The minimum Gasteiger partial charge on any atom is -0.358 e. The molecule has 4 heteroatoms. The van der Waals surface area contributed by atoms with Gasteiger partial charge in [0.05, 0.1) is 6.54 Å². The van der Waals surface area contributed by atoms with Crippen LogP contribution in [-0.4, -0.2) is 30.9 Å². The molecule has 0 fully saturated rings. The zero-order valence-electron chi connectivity index (χ0n) is 11.2. The van der Waals surface area contributed by atoms with Crippen molar-refractivity contribution >= 4 is 21.8 Å². The summed E-state index contributed by atoms with van der Waals surface area (Å²) in [6.07, 6.45) is 1.03. The van der Waals surface area contributed by atoms with Gasteiger partial charge in [0.15, 0.2) is 0 Å². The van der Waals surface area contributed by atoms with E-state index in [0.29, 0.717) is 6.54 Å². The molecule has 1 amide bonds. The molecule has 100 valence electrons. The molecule has 0 bridgehead atoms. The van der Waals surface area contributed by atoms with Gasteiger partial charge in [0.2, 0.25) is 5.91 Å². The van der Waals surface area contributed by atoms with Gasteiger partial charge in [0.1, 0.15) is 0 Å². The molecule has 3 nitrogen and oxygen atoms in total. The molecule has 1 atom stereocenters. The average molecular weight is 313 g/mol. The number of carbonyl (C=O) groups excluding carboxylic acids is 1. The average Bonchev–Trinajstić information content (AvgIpc) is 2.38. The zero-order chi connectivity index (χ0) is 13.5. The monoisotopic (exact) mass is 312 g/mol. The number of nitrogens with one attached hydrogen (secondary N) is 1. The molecular formula is C14H21BrN2O. The first-order valence-corrected chi connectivity index (χ1v) is 7.08. The molecule has 18 heavy (non-hydrogen) atoms. The van der Waals surface area contributed by atoms with Crippen LogP contribution in [0.3, 0.4) is 0 Å². The van der Waals surface area contributed by atoms with Crippen molar-refractivity contribution in [3.05, 3.63) is 34.3 Å². The lowest BCUT2D eigenvalue weighted by atomic mass is 10.1. The van der Waals surface area contributed by atoms with Gasteiger partial charge in [-0.3, -0.25) is 9.69 Å². The highest BCUT2D eigenvalue weighted by molar-refractivity contribution is 9.10. The van der Waals surface area contributed by atoms with Gasteiger partial charge in [-0.1, -0.05) is 41.1 Å². The van der Waals surface area contributed by atoms with Crippen LogP contribution in [0.4, 0.5) is 0 Å². The fourth-order valence-corrected chi connectivity index (χ4v) is 2.59. The number of hydrogen-bond donors (Lipinski definition) is 1. The molecule has 0 saturated heterocycles. The van der Waals surface area contributed by atoms with Crippen LogP contribution in [0.25, 0.3) is 0 Å². The van der Waals surface area contributed by atoms with E-state index >= 15 is 0 Å². The number of halogens is 1. The third-order valence-electron chi connectivity index (χ3n) is 3.04. The Balaban J connectivity index is 2.85. The fourth-order valence-electron chi connectivity index (χ4n) is 1.97. The van der Waals surface area contributed by atoms with Gasteiger partial charge in [-0.15, -0.1) is 0 Å². The molecule has 1 rings (SSSR count). The Bertz CT molecular complexity index is 395. The van der Waals surface area contributed by atoms with Crippen molar-refractivity contribution in [3.8, 4) is 0 Å². The molecule has 1 unspecified atom stereocenters. The Kier molecular flexibility index (Phi) is 6.36. The Morgan fingerprint density at radius 1 is 1.44 bits per heavy atom. The van der Waals surface area contributed by atoms with Crippen LogP contribution in [0.15, 0.2) is 28.7 Å². The number of likely N-dealkylation sites (N-methyl/N-ethyl adjacent to an activating group) is 1. The van der Waals surface area contributed by atoms with E-state index in [-0.39, 0.29) is 11.9 Å². The van der Waals surface area contributed by atoms with Crippen molar-refractivity contribution in [2.24, 2.45) is 0 Å². The van der Waals surface area contributed by atoms with Gasteiger partial charge in [-0.05, 0) is 31.5 Å². The first-order chi connectivity index (χ1) is 8.60. The maximum atomic E-state index is 11.6. The SMILES string of the molecule is CCCN(CC(=O)NC)C(C)c1ccccc1Br. The summed E-state index contributed by atoms with van der Waals surface area (Å²) in [4.78, 5) is 13.7. The van der Waals surface area contributed by atoms with Crippen LogP contribution in [0.2, 0.25) is 0 Å². The van der Waals surface area contributed by atoms with E-state index in [0.717, 1.165) is 17.4 Å². The van der Waals surface area contributed by atoms with E-state index in [1.165, 1.54) is 5.56 Å². The highest BCUT2D eigenvalue weighted by Crippen LogP contribution is 2.27. The van der Waals surface area contributed by atoms with Crippen LogP contribution in [-0.2, 0) is 4.79 Å². The molecule has 0 saturated carbocycles. The van der Waals surface area contributed by atoms with Gasteiger partial charge in [-0.2, -0.15) is 0 Å². The van der Waals surface area contributed by atoms with Gasteiger partial charge in [-0.25, -0.2) is 0 Å². The first-order valence-electron chi connectivity index (χ1n) is 6.29. The Hall–Kier alpha value is -0.870. The minimum atomic E-state index is 0.0577. The third-order valence-corrected chi connectivity index (χ3v) is 3.76. The minimum absolute atomic E-state index is 0.0577. The van der Waals surface area contributed by atoms with Crippen molar-refractivity contribution < 1.29 is 4.79 Å². The van der Waals surface area contributed by atoms with Crippen LogP contribution >= 0.6 is 15.9 Å². The van der Waals surface area contributed by atoms with E-state index in [2.05, 4.69) is 46.1 Å². The van der Waals surface area contributed by atoms with Crippen molar-refractivity contribution in [2.45, 2.75) is 26.3 Å². The first kappa shape index (κ1) is 15.2. The second-order valence-electron chi connectivity index (χ2n) is 4.34. The normalized spacial score (nSPS) is 12.5. The summed E-state index contributed by atoms with van der Waals surface area (Å²) in [6, 6.07) is 8.39. The van der Waals surface area contributed by atoms with Gasteiger partial charge >= 0.3 is 0 Å². The lowest BCUT2D eigenvalue weighted by Crippen LogP contribution is -2.37. The molecule has 0 spiro atoms. The van der Waals surface area contributed by atoms with Gasteiger partial charge < -0.3 is 5.32 Å². The summed E-state index contributed by atoms with van der Waals surface area (Å²) in [5, 5.41) is 2.68. The topological polar surface area (TPSA) is 32.3 Å². The fraction of sp³-hybridized carbons (Fsp3) is 0.500. The largest absolute Gasteiger partial charge is 0.358 e. The van der Waals surface area contributed by atoms with E-state index in [9.17, 15) is 4.79 Å². The summed E-state index contributed by atoms with van der Waals surface area (Å²) >= 11 is 3.57. The zero-order valence-corrected chi connectivity index (χ0v) is 12.8. The van der Waals surface area contributed by atoms with Crippen LogP contribution < -0.4 is 5.32 Å². The van der Waals surface area contributed by atoms with Crippen LogP contribution in [0.5, 0.6) is 0 Å². The molecule has 0 aliphatic rings. The highest BCUT2D eigenvalue weighted by atomic mass is 79.9. The standard InChI is InChI=1S/C14H21BrN2O/c1-4-9-17(10-14(18)16-3)11(2)12-7-5-6-8-13(12)15/h5-8,11H,4,9-10H2,1-3H3,(H,16,18). The van der Waals surface area contributed by atoms with E-state index < -0.39 is 0 Å². The molecule has 1 N–H and O–H groups in total. The summed E-state index contributed by atoms with van der Waals surface area (Å²) in [7, 11) is 1.68. The van der Waals surface area contributed by atoms with Crippen molar-refractivity contribution in [1.29, 1.82) is 0 Å². The second-order valence-corrected chi connectivity index (χ2v) is 5.20. The number of hydrogen-bond acceptors (Lipinski definition) is 2. The number of rotatable bonds is 6. The van der Waals surface area contributed by atoms with Gasteiger partial charge in [0, 0.05) is 17.6 Å². The Morgan fingerprint density at radius 3 is 2.67 bits per heavy atom. The third kappa shape index (κ3) is 4.10. The maximum absolute atomic E-state index is 11.6. The number of benzene rings is 1. The summed E-state index contributed by atoms with van der Waals surface area (Å²) < 4.78 is 1.09. The molecule has 0 radical (unpaired) electrons. The highest BCUT2D eigenvalue weighted by Gasteiger charge is 2.19. The second kappa shape index (κ2) is 7.54. The summed E-state index contributed by atoms with van der Waals surface area (Å²) in [5.74, 6) is 0.0577. The Morgan fingerprint density at radius 2 is 2.11 bits per heavy atom. The summed E-state index contributed by atoms with van der Waals surface area (Å²) in [6.45, 7) is 5.62. The van der Waals surface area contributed by atoms with Crippen molar-refractivity contribution in [1.82, 2.24) is 10.2 Å². The number of nitrogens with zero attached hydrogens (tertiary/aromatic N) is 1. The molecule has 0 aliphatic heterocycles. The molecule has 0 aromatic heterocycles. The van der Waals surface area contributed by atoms with Crippen molar-refractivity contribution in [2.75, 3.05) is 20.1 Å². The molecule has 1 aromatic carbocycles. The number of amides is 1. The van der Waals surface area contributed by atoms with E-state index in [4.69, 9.17) is 0 Å². The predicted molar refractivity (Wildman–Crippen MR) is 78.5 cm³/mol. The van der Waals surface area contributed by atoms with Crippen LogP contribution in [0, 0.1) is 0 Å². The van der Waals surface area contributed by atoms with E-state index in [1.807, 2.05) is 18.2 Å². The van der Waals surface area contributed by atoms with Crippen molar-refractivity contribution in [3.63, 3.8) is 0 Å². The lowest BCUT2D eigenvalue weighted by Gasteiger charge is -2.29. The van der Waals surface area contributed by atoms with Crippen LogP contribution in [0.1, 0.15) is 31.9 Å². The summed E-state index contributed by atoms with van der Waals surface area (Å²) in [5.41, 5.74) is 1.22. The smallest absolute Gasteiger partial charge is 0.233 e. The molecule has 0 aliphatic carbocycles. The molecular weight excluding hydrogens is 292 g/mol. The lowest BCUT2D eigenvalue weighted by molar-refractivity contribution is -0.122. The van der Waals surface area contributed by atoms with E-state index in [1.54, 1.807) is 7.05 Å². The number of carbonyl (C=O) groups is 1. The Labute approximate surface area is 118 Å². The molecule has 0 heterocycles. The quantitative estimate of drug-likeness (QED) is 0.876. The molecule has 1 aromatic rings. The maximum Gasteiger partial charge on any atom is 0.233 e. The predicted octanol–water partition coefficient (Wildman–Crippen LogP) is 2.97.